The van der Waals surface area contributed by atoms with Gasteiger partial charge in [-0.2, -0.15) is 5.10 Å². The van der Waals surface area contributed by atoms with E-state index in [4.69, 9.17) is 9.47 Å². The van der Waals surface area contributed by atoms with Gasteiger partial charge in [0.2, 0.25) is 0 Å². The Morgan fingerprint density at radius 3 is 2.68 bits per heavy atom. The lowest BCUT2D eigenvalue weighted by molar-refractivity contribution is 0.0239. The number of rotatable bonds is 3. The Kier molecular flexibility index (Phi) is 4.77. The first-order valence-corrected chi connectivity index (χ1v) is 8.89. The van der Waals surface area contributed by atoms with Crippen molar-refractivity contribution in [3.63, 3.8) is 0 Å². The molecule has 0 radical (unpaired) electrons. The van der Waals surface area contributed by atoms with Crippen LogP contribution in [-0.4, -0.2) is 33.5 Å². The van der Waals surface area contributed by atoms with Gasteiger partial charge in [0.25, 0.3) is 0 Å². The van der Waals surface area contributed by atoms with Crippen molar-refractivity contribution in [3.8, 4) is 5.75 Å². The van der Waals surface area contributed by atoms with E-state index < -0.39 is 5.60 Å². The number of carbonyl (C=O) groups is 1. The minimum atomic E-state index is -0.489. The van der Waals surface area contributed by atoms with Crippen LogP contribution in [0.5, 0.6) is 5.75 Å². The van der Waals surface area contributed by atoms with Crippen LogP contribution in [0, 0.1) is 0 Å². The van der Waals surface area contributed by atoms with Crippen molar-refractivity contribution in [1.82, 2.24) is 14.7 Å². The van der Waals surface area contributed by atoms with E-state index in [9.17, 15) is 4.79 Å². The Labute approximate surface area is 155 Å². The minimum absolute atomic E-state index is 0.297. The normalized spacial score (nSPS) is 13.7. The molecule has 2 aromatic rings. The van der Waals surface area contributed by atoms with Gasteiger partial charge in [0.1, 0.15) is 11.4 Å². The van der Waals surface area contributed by atoms with Crippen LogP contribution in [0.2, 0.25) is 0 Å². The van der Waals surface area contributed by atoms with Crippen molar-refractivity contribution in [2.75, 3.05) is 7.11 Å². The number of halogens is 1. The van der Waals surface area contributed by atoms with Crippen molar-refractivity contribution >= 4 is 22.0 Å². The van der Waals surface area contributed by atoms with Crippen molar-refractivity contribution in [2.45, 2.75) is 46.0 Å². The summed E-state index contributed by atoms with van der Waals surface area (Å²) >= 11 is 3.49. The van der Waals surface area contributed by atoms with Gasteiger partial charge in [-0.1, -0.05) is 15.9 Å². The van der Waals surface area contributed by atoms with E-state index in [0.717, 1.165) is 27.0 Å². The summed E-state index contributed by atoms with van der Waals surface area (Å²) in [5.41, 5.74) is 2.59. The Balaban J connectivity index is 1.68. The zero-order chi connectivity index (χ0) is 18.2. The van der Waals surface area contributed by atoms with E-state index in [2.05, 4.69) is 21.0 Å². The van der Waals surface area contributed by atoms with E-state index in [1.807, 2.05) is 49.8 Å². The van der Waals surface area contributed by atoms with Gasteiger partial charge in [0.15, 0.2) is 0 Å². The summed E-state index contributed by atoms with van der Waals surface area (Å²) < 4.78 is 13.6. The standard InChI is InChI=1S/C18H22BrN3O3/c1-18(2,3)25-17(23)21-9-13-10-22(20-16(13)11-21)8-12-5-14(19)7-15(6-12)24-4/h5-7,10H,8-9,11H2,1-4H3. The van der Waals surface area contributed by atoms with Crippen molar-refractivity contribution in [2.24, 2.45) is 0 Å². The van der Waals surface area contributed by atoms with Gasteiger partial charge in [0, 0.05) is 16.2 Å². The molecule has 0 N–H and O–H groups in total. The molecule has 0 saturated heterocycles. The predicted octanol–water partition coefficient (Wildman–Crippen LogP) is 3.95. The quantitative estimate of drug-likeness (QED) is 0.772. The van der Waals surface area contributed by atoms with Gasteiger partial charge in [-0.25, -0.2) is 4.79 Å². The number of nitrogens with zero attached hydrogens (tertiary/aromatic N) is 3. The van der Waals surface area contributed by atoms with Gasteiger partial charge < -0.3 is 9.47 Å². The average molecular weight is 408 g/mol. The third-order valence-corrected chi connectivity index (χ3v) is 4.25. The molecule has 134 valence electrons. The van der Waals surface area contributed by atoms with E-state index in [1.165, 1.54) is 0 Å². The highest BCUT2D eigenvalue weighted by Gasteiger charge is 2.29. The third-order valence-electron chi connectivity index (χ3n) is 3.79. The Hall–Kier alpha value is -2.02. The molecule has 0 fully saturated rings. The highest BCUT2D eigenvalue weighted by Crippen LogP contribution is 2.25. The van der Waals surface area contributed by atoms with Gasteiger partial charge >= 0.3 is 6.09 Å². The second-order valence-corrected chi connectivity index (χ2v) is 8.05. The summed E-state index contributed by atoms with van der Waals surface area (Å²) in [6.07, 6.45) is 1.70. The summed E-state index contributed by atoms with van der Waals surface area (Å²) in [6, 6.07) is 5.96. The van der Waals surface area contributed by atoms with Crippen LogP contribution in [-0.2, 0) is 24.4 Å². The highest BCUT2D eigenvalue weighted by molar-refractivity contribution is 9.10. The van der Waals surface area contributed by atoms with Crippen molar-refractivity contribution in [1.29, 1.82) is 0 Å². The third kappa shape index (κ3) is 4.34. The molecule has 3 rings (SSSR count). The molecule has 6 nitrogen and oxygen atoms in total. The van der Waals surface area contributed by atoms with Crippen LogP contribution in [0.25, 0.3) is 0 Å². The van der Waals surface area contributed by atoms with Crippen LogP contribution in [0.3, 0.4) is 0 Å². The van der Waals surface area contributed by atoms with E-state index in [0.29, 0.717) is 19.6 Å². The lowest BCUT2D eigenvalue weighted by atomic mass is 10.2. The number of methoxy groups -OCH3 is 1. The maximum Gasteiger partial charge on any atom is 0.410 e. The molecular weight excluding hydrogens is 386 g/mol. The van der Waals surface area contributed by atoms with E-state index >= 15 is 0 Å². The molecule has 1 amide bonds. The number of benzene rings is 1. The molecule has 25 heavy (non-hydrogen) atoms. The van der Waals surface area contributed by atoms with E-state index in [1.54, 1.807) is 12.0 Å². The first kappa shape index (κ1) is 17.8. The van der Waals surface area contributed by atoms with Crippen LogP contribution in [0.4, 0.5) is 4.79 Å². The molecule has 2 heterocycles. The zero-order valence-corrected chi connectivity index (χ0v) is 16.5. The second-order valence-electron chi connectivity index (χ2n) is 7.13. The molecule has 1 aromatic heterocycles. The zero-order valence-electron chi connectivity index (χ0n) is 14.9. The molecule has 0 bridgehead atoms. The number of hydrogen-bond acceptors (Lipinski definition) is 4. The molecule has 1 aliphatic heterocycles. The van der Waals surface area contributed by atoms with Gasteiger partial charge in [-0.05, 0) is 44.5 Å². The lowest BCUT2D eigenvalue weighted by Gasteiger charge is -2.24. The summed E-state index contributed by atoms with van der Waals surface area (Å²) in [5.74, 6) is 0.806. The Bertz CT molecular complexity index is 772. The number of carbonyl (C=O) groups excluding carboxylic acids is 1. The largest absolute Gasteiger partial charge is 0.497 e. The molecule has 0 aliphatic carbocycles. The summed E-state index contributed by atoms with van der Waals surface area (Å²) in [5, 5.41) is 4.61. The molecular formula is C18H22BrN3O3. The fourth-order valence-electron chi connectivity index (χ4n) is 2.76. The topological polar surface area (TPSA) is 56.6 Å². The number of aromatic nitrogens is 2. The fraction of sp³-hybridized carbons (Fsp3) is 0.444. The van der Waals surface area contributed by atoms with Crippen LogP contribution >= 0.6 is 15.9 Å². The summed E-state index contributed by atoms with van der Waals surface area (Å²) in [6.45, 7) is 7.27. The number of amides is 1. The molecule has 1 aliphatic rings. The maximum absolute atomic E-state index is 12.2. The van der Waals surface area contributed by atoms with Gasteiger partial charge in [-0.15, -0.1) is 0 Å². The first-order valence-electron chi connectivity index (χ1n) is 8.10. The SMILES string of the molecule is COc1cc(Br)cc(Cn2cc3c(n2)CN(C(=O)OC(C)(C)C)C3)c1. The van der Waals surface area contributed by atoms with Gasteiger partial charge in [-0.3, -0.25) is 9.58 Å². The average Bonchev–Trinajstić information content (AvgIpc) is 3.03. The van der Waals surface area contributed by atoms with Gasteiger partial charge in [0.05, 0.1) is 32.4 Å². The molecule has 0 unspecified atom stereocenters. The Morgan fingerprint density at radius 2 is 2.04 bits per heavy atom. The first-order chi connectivity index (χ1) is 11.7. The molecule has 7 heteroatoms. The molecule has 1 aromatic carbocycles. The minimum Gasteiger partial charge on any atom is -0.497 e. The monoisotopic (exact) mass is 407 g/mol. The predicted molar refractivity (Wildman–Crippen MR) is 97.5 cm³/mol. The molecule has 0 saturated carbocycles. The lowest BCUT2D eigenvalue weighted by Crippen LogP contribution is -2.33. The number of ether oxygens (including phenoxy) is 2. The second kappa shape index (κ2) is 6.71. The van der Waals surface area contributed by atoms with Crippen LogP contribution < -0.4 is 4.74 Å². The van der Waals surface area contributed by atoms with Crippen LogP contribution in [0.15, 0.2) is 28.9 Å². The summed E-state index contributed by atoms with van der Waals surface area (Å²) in [4.78, 5) is 13.8. The summed E-state index contributed by atoms with van der Waals surface area (Å²) in [7, 11) is 1.65. The maximum atomic E-state index is 12.2. The van der Waals surface area contributed by atoms with Crippen molar-refractivity contribution < 1.29 is 14.3 Å². The van der Waals surface area contributed by atoms with Crippen molar-refractivity contribution in [3.05, 3.63) is 45.7 Å². The molecule has 0 atom stereocenters. The smallest absolute Gasteiger partial charge is 0.410 e. The Morgan fingerprint density at radius 1 is 1.28 bits per heavy atom. The fourth-order valence-corrected chi connectivity index (χ4v) is 3.28. The number of fused-ring (bicyclic) bond motifs is 1. The van der Waals surface area contributed by atoms with E-state index in [-0.39, 0.29) is 6.09 Å². The number of hydrogen-bond donors (Lipinski definition) is 0. The van der Waals surface area contributed by atoms with Crippen LogP contribution in [0.1, 0.15) is 37.6 Å². The molecule has 0 spiro atoms. The highest BCUT2D eigenvalue weighted by atomic mass is 79.9.